The SMILES string of the molecule is CC1CC(CN)CN1C(=O)c1cc(C2CC2)n(C)n1.Cl. The van der Waals surface area contributed by atoms with Gasteiger partial charge in [0.05, 0.1) is 0 Å². The Labute approximate surface area is 125 Å². The number of nitrogens with zero attached hydrogens (tertiary/aromatic N) is 3. The molecule has 0 bridgehead atoms. The van der Waals surface area contributed by atoms with Crippen LogP contribution >= 0.6 is 12.4 Å². The molecule has 1 saturated carbocycles. The standard InChI is InChI=1S/C14H22N4O.ClH/c1-9-5-10(7-15)8-18(9)14(19)12-6-13(11-3-4-11)17(2)16-12;/h6,9-11H,3-5,7-8,15H2,1-2H3;1H. The first kappa shape index (κ1) is 15.3. The minimum Gasteiger partial charge on any atom is -0.334 e. The van der Waals surface area contributed by atoms with E-state index in [1.54, 1.807) is 0 Å². The molecule has 5 nitrogen and oxygen atoms in total. The molecule has 2 atom stereocenters. The zero-order valence-electron chi connectivity index (χ0n) is 12.1. The Kier molecular flexibility index (Phi) is 4.39. The largest absolute Gasteiger partial charge is 0.334 e. The van der Waals surface area contributed by atoms with Crippen molar-refractivity contribution in [3.63, 3.8) is 0 Å². The number of halogens is 1. The van der Waals surface area contributed by atoms with Crippen LogP contribution in [-0.4, -0.2) is 39.7 Å². The molecule has 1 amide bonds. The van der Waals surface area contributed by atoms with Gasteiger partial charge in [0.1, 0.15) is 0 Å². The summed E-state index contributed by atoms with van der Waals surface area (Å²) in [6, 6.07) is 2.25. The predicted octanol–water partition coefficient (Wildman–Crippen LogP) is 1.53. The van der Waals surface area contributed by atoms with E-state index in [-0.39, 0.29) is 24.4 Å². The Bertz CT molecular complexity index is 497. The summed E-state index contributed by atoms with van der Waals surface area (Å²) in [6.45, 7) is 3.52. The number of carbonyl (C=O) groups is 1. The number of likely N-dealkylation sites (tertiary alicyclic amines) is 1. The van der Waals surface area contributed by atoms with Gasteiger partial charge in [0.25, 0.3) is 5.91 Å². The molecule has 2 N–H and O–H groups in total. The van der Waals surface area contributed by atoms with Crippen LogP contribution in [0.2, 0.25) is 0 Å². The molecular weight excluding hydrogens is 276 g/mol. The molecule has 6 heteroatoms. The van der Waals surface area contributed by atoms with Crippen molar-refractivity contribution in [3.8, 4) is 0 Å². The Morgan fingerprint density at radius 2 is 2.20 bits per heavy atom. The number of hydrogen-bond acceptors (Lipinski definition) is 3. The van der Waals surface area contributed by atoms with Crippen LogP contribution in [0.5, 0.6) is 0 Å². The highest BCUT2D eigenvalue weighted by Gasteiger charge is 2.34. The molecule has 3 rings (SSSR count). The summed E-state index contributed by atoms with van der Waals surface area (Å²) < 4.78 is 1.87. The van der Waals surface area contributed by atoms with E-state index in [0.29, 0.717) is 24.1 Å². The summed E-state index contributed by atoms with van der Waals surface area (Å²) in [5.41, 5.74) is 7.51. The molecule has 1 aromatic heterocycles. The van der Waals surface area contributed by atoms with Crippen molar-refractivity contribution in [1.29, 1.82) is 0 Å². The third kappa shape index (κ3) is 2.69. The van der Waals surface area contributed by atoms with Crippen molar-refractivity contribution in [2.75, 3.05) is 13.1 Å². The van der Waals surface area contributed by atoms with Crippen molar-refractivity contribution in [2.24, 2.45) is 18.7 Å². The van der Waals surface area contributed by atoms with Crippen LogP contribution in [-0.2, 0) is 7.05 Å². The Hall–Kier alpha value is -1.07. The van der Waals surface area contributed by atoms with Crippen LogP contribution < -0.4 is 5.73 Å². The van der Waals surface area contributed by atoms with Gasteiger partial charge in [0.2, 0.25) is 0 Å². The second-order valence-electron chi connectivity index (χ2n) is 6.00. The van der Waals surface area contributed by atoms with Gasteiger partial charge in [-0.3, -0.25) is 9.48 Å². The highest BCUT2D eigenvalue weighted by Crippen LogP contribution is 2.40. The summed E-state index contributed by atoms with van der Waals surface area (Å²) in [4.78, 5) is 14.5. The Morgan fingerprint density at radius 1 is 1.50 bits per heavy atom. The van der Waals surface area contributed by atoms with E-state index in [0.717, 1.165) is 13.0 Å². The number of nitrogens with two attached hydrogens (primary N) is 1. The first-order chi connectivity index (χ1) is 9.10. The molecule has 1 aliphatic heterocycles. The number of aryl methyl sites for hydroxylation is 1. The van der Waals surface area contributed by atoms with Gasteiger partial charge in [0.15, 0.2) is 5.69 Å². The van der Waals surface area contributed by atoms with Crippen molar-refractivity contribution < 1.29 is 4.79 Å². The molecule has 112 valence electrons. The van der Waals surface area contributed by atoms with Gasteiger partial charge in [-0.1, -0.05) is 0 Å². The third-order valence-corrected chi connectivity index (χ3v) is 4.39. The fourth-order valence-corrected chi connectivity index (χ4v) is 3.09. The lowest BCUT2D eigenvalue weighted by molar-refractivity contribution is 0.0736. The number of aromatic nitrogens is 2. The second kappa shape index (κ2) is 5.74. The quantitative estimate of drug-likeness (QED) is 0.920. The topological polar surface area (TPSA) is 64.2 Å². The van der Waals surface area contributed by atoms with Gasteiger partial charge in [-0.25, -0.2) is 0 Å². The molecule has 2 heterocycles. The molecule has 2 aliphatic rings. The van der Waals surface area contributed by atoms with Gasteiger partial charge in [-0.05, 0) is 44.7 Å². The average molecular weight is 299 g/mol. The molecule has 1 aromatic rings. The van der Waals surface area contributed by atoms with Crippen LogP contribution in [0, 0.1) is 5.92 Å². The number of carbonyl (C=O) groups excluding carboxylic acids is 1. The lowest BCUT2D eigenvalue weighted by Gasteiger charge is -2.20. The first-order valence-electron chi connectivity index (χ1n) is 7.15. The molecule has 0 aromatic carbocycles. The lowest BCUT2D eigenvalue weighted by atomic mass is 10.1. The second-order valence-corrected chi connectivity index (χ2v) is 6.00. The molecule has 2 unspecified atom stereocenters. The van der Waals surface area contributed by atoms with Crippen LogP contribution in [0.4, 0.5) is 0 Å². The summed E-state index contributed by atoms with van der Waals surface area (Å²) >= 11 is 0. The van der Waals surface area contributed by atoms with E-state index < -0.39 is 0 Å². The van der Waals surface area contributed by atoms with E-state index in [1.165, 1.54) is 18.5 Å². The summed E-state index contributed by atoms with van der Waals surface area (Å²) in [5, 5.41) is 4.40. The van der Waals surface area contributed by atoms with Crippen LogP contribution in [0.1, 0.15) is 48.3 Å². The minimum absolute atomic E-state index is 0. The van der Waals surface area contributed by atoms with Gasteiger partial charge in [-0.2, -0.15) is 5.10 Å². The summed E-state index contributed by atoms with van der Waals surface area (Å²) in [6.07, 6.45) is 3.45. The van der Waals surface area contributed by atoms with Crippen molar-refractivity contribution in [1.82, 2.24) is 14.7 Å². The zero-order valence-corrected chi connectivity index (χ0v) is 12.9. The molecule has 0 radical (unpaired) electrons. The Balaban J connectivity index is 0.00000147. The van der Waals surface area contributed by atoms with E-state index >= 15 is 0 Å². The highest BCUT2D eigenvalue weighted by molar-refractivity contribution is 5.92. The van der Waals surface area contributed by atoms with Gasteiger partial charge in [0, 0.05) is 31.2 Å². The fourth-order valence-electron chi connectivity index (χ4n) is 3.09. The lowest BCUT2D eigenvalue weighted by Crippen LogP contribution is -2.34. The average Bonchev–Trinajstić information content (AvgIpc) is 3.06. The number of hydrogen-bond donors (Lipinski definition) is 1. The number of rotatable bonds is 3. The molecular formula is C14H23ClN4O. The van der Waals surface area contributed by atoms with E-state index in [2.05, 4.69) is 12.0 Å². The van der Waals surface area contributed by atoms with Crippen LogP contribution in [0.3, 0.4) is 0 Å². The van der Waals surface area contributed by atoms with E-state index in [1.807, 2.05) is 22.7 Å². The van der Waals surface area contributed by atoms with Crippen LogP contribution in [0.15, 0.2) is 6.07 Å². The Morgan fingerprint density at radius 3 is 2.75 bits per heavy atom. The maximum Gasteiger partial charge on any atom is 0.274 e. The summed E-state index contributed by atoms with van der Waals surface area (Å²) in [7, 11) is 1.93. The van der Waals surface area contributed by atoms with Crippen molar-refractivity contribution in [2.45, 2.75) is 38.1 Å². The molecule has 1 saturated heterocycles. The third-order valence-electron chi connectivity index (χ3n) is 4.39. The molecule has 2 fully saturated rings. The smallest absolute Gasteiger partial charge is 0.274 e. The maximum atomic E-state index is 12.5. The fraction of sp³-hybridized carbons (Fsp3) is 0.714. The van der Waals surface area contributed by atoms with Gasteiger partial charge in [-0.15, -0.1) is 12.4 Å². The predicted molar refractivity (Wildman–Crippen MR) is 80.1 cm³/mol. The molecule has 0 spiro atoms. The highest BCUT2D eigenvalue weighted by atomic mass is 35.5. The van der Waals surface area contributed by atoms with Gasteiger partial charge < -0.3 is 10.6 Å². The monoisotopic (exact) mass is 298 g/mol. The molecule has 20 heavy (non-hydrogen) atoms. The number of amides is 1. The normalized spacial score (nSPS) is 25.6. The maximum absolute atomic E-state index is 12.5. The zero-order chi connectivity index (χ0) is 13.6. The van der Waals surface area contributed by atoms with E-state index in [4.69, 9.17) is 5.73 Å². The van der Waals surface area contributed by atoms with Crippen molar-refractivity contribution >= 4 is 18.3 Å². The van der Waals surface area contributed by atoms with E-state index in [9.17, 15) is 4.79 Å². The minimum atomic E-state index is 0. The van der Waals surface area contributed by atoms with Gasteiger partial charge >= 0.3 is 0 Å². The summed E-state index contributed by atoms with van der Waals surface area (Å²) in [5.74, 6) is 1.11. The van der Waals surface area contributed by atoms with Crippen LogP contribution in [0.25, 0.3) is 0 Å². The molecule has 1 aliphatic carbocycles. The van der Waals surface area contributed by atoms with Crippen molar-refractivity contribution in [3.05, 3.63) is 17.5 Å². The first-order valence-corrected chi connectivity index (χ1v) is 7.15.